The number of hydrogen-bond acceptors (Lipinski definition) is 4. The minimum atomic E-state index is 0.340. The Kier molecular flexibility index (Phi) is 5.19. The van der Waals surface area contributed by atoms with E-state index >= 15 is 0 Å². The maximum Gasteiger partial charge on any atom is 0.115 e. The van der Waals surface area contributed by atoms with Gasteiger partial charge in [0.25, 0.3) is 0 Å². The van der Waals surface area contributed by atoms with Crippen LogP contribution < -0.4 is 0 Å². The summed E-state index contributed by atoms with van der Waals surface area (Å²) in [6.07, 6.45) is 0. The predicted octanol–water partition coefficient (Wildman–Crippen LogP) is 1.54. The zero-order valence-corrected chi connectivity index (χ0v) is 11.9. The number of hydrogen-bond donors (Lipinski definition) is 1. The highest BCUT2D eigenvalue weighted by Gasteiger charge is 2.16. The number of aromatic hydroxyl groups is 1. The molecule has 106 valence electrons. The fraction of sp³-hybridized carbons (Fsp3) is 0.600. The SMILES string of the molecule is CC(CN1CCOCC1)N(C)Cc1cccc(O)c1. The third kappa shape index (κ3) is 4.49. The van der Waals surface area contributed by atoms with Crippen LogP contribution in [0.2, 0.25) is 0 Å². The largest absolute Gasteiger partial charge is 0.508 e. The van der Waals surface area contributed by atoms with Gasteiger partial charge in [0.1, 0.15) is 5.75 Å². The number of benzene rings is 1. The molecule has 1 aromatic carbocycles. The van der Waals surface area contributed by atoms with Gasteiger partial charge in [-0.05, 0) is 31.7 Å². The number of likely N-dealkylation sites (N-methyl/N-ethyl adjacent to an activating group) is 1. The van der Waals surface area contributed by atoms with Crippen molar-refractivity contribution in [2.75, 3.05) is 39.9 Å². The van der Waals surface area contributed by atoms with Crippen LogP contribution in [0.4, 0.5) is 0 Å². The smallest absolute Gasteiger partial charge is 0.115 e. The minimum absolute atomic E-state index is 0.340. The lowest BCUT2D eigenvalue weighted by Gasteiger charge is -2.33. The van der Waals surface area contributed by atoms with Crippen molar-refractivity contribution in [1.29, 1.82) is 0 Å². The Balaban J connectivity index is 1.82. The lowest BCUT2D eigenvalue weighted by Crippen LogP contribution is -2.44. The van der Waals surface area contributed by atoms with E-state index in [2.05, 4.69) is 29.8 Å². The maximum atomic E-state index is 9.48. The van der Waals surface area contributed by atoms with Crippen molar-refractivity contribution in [3.05, 3.63) is 29.8 Å². The average Bonchev–Trinajstić information content (AvgIpc) is 2.40. The highest BCUT2D eigenvalue weighted by Crippen LogP contribution is 2.14. The molecule has 1 unspecified atom stereocenters. The molecule has 1 saturated heterocycles. The molecule has 2 rings (SSSR count). The topological polar surface area (TPSA) is 35.9 Å². The van der Waals surface area contributed by atoms with Gasteiger partial charge in [-0.3, -0.25) is 9.80 Å². The van der Waals surface area contributed by atoms with E-state index in [0.717, 1.165) is 45.0 Å². The maximum absolute atomic E-state index is 9.48. The van der Waals surface area contributed by atoms with E-state index in [0.29, 0.717) is 11.8 Å². The zero-order valence-electron chi connectivity index (χ0n) is 11.9. The minimum Gasteiger partial charge on any atom is -0.508 e. The van der Waals surface area contributed by atoms with Crippen molar-refractivity contribution < 1.29 is 9.84 Å². The second kappa shape index (κ2) is 6.89. The van der Waals surface area contributed by atoms with E-state index in [1.165, 1.54) is 0 Å². The van der Waals surface area contributed by atoms with Crippen molar-refractivity contribution in [2.45, 2.75) is 19.5 Å². The molecule has 1 aromatic rings. The molecular formula is C15H24N2O2. The molecule has 1 N–H and O–H groups in total. The summed E-state index contributed by atoms with van der Waals surface area (Å²) in [5.74, 6) is 0.340. The standard InChI is InChI=1S/C15H24N2O2/c1-13(11-17-6-8-19-9-7-17)16(2)12-14-4-3-5-15(18)10-14/h3-5,10,13,18H,6-9,11-12H2,1-2H3. The third-order valence-electron chi connectivity index (χ3n) is 3.72. The summed E-state index contributed by atoms with van der Waals surface area (Å²) >= 11 is 0. The Morgan fingerprint density at radius 2 is 2.11 bits per heavy atom. The van der Waals surface area contributed by atoms with Gasteiger partial charge in [-0.2, -0.15) is 0 Å². The van der Waals surface area contributed by atoms with E-state index < -0.39 is 0 Å². The van der Waals surface area contributed by atoms with Crippen LogP contribution in [0.15, 0.2) is 24.3 Å². The molecule has 0 aromatic heterocycles. The molecule has 4 nitrogen and oxygen atoms in total. The summed E-state index contributed by atoms with van der Waals surface area (Å²) in [5.41, 5.74) is 1.15. The van der Waals surface area contributed by atoms with Crippen molar-refractivity contribution in [1.82, 2.24) is 9.80 Å². The molecule has 1 aliphatic heterocycles. The number of ether oxygens (including phenoxy) is 1. The summed E-state index contributed by atoms with van der Waals surface area (Å²) < 4.78 is 5.37. The summed E-state index contributed by atoms with van der Waals surface area (Å²) in [7, 11) is 2.13. The highest BCUT2D eigenvalue weighted by molar-refractivity contribution is 5.26. The van der Waals surface area contributed by atoms with E-state index in [-0.39, 0.29) is 0 Å². The van der Waals surface area contributed by atoms with Crippen molar-refractivity contribution in [3.8, 4) is 5.75 Å². The molecule has 0 amide bonds. The second-order valence-electron chi connectivity index (χ2n) is 5.35. The van der Waals surface area contributed by atoms with Gasteiger partial charge in [-0.25, -0.2) is 0 Å². The first-order chi connectivity index (χ1) is 9.15. The molecule has 4 heteroatoms. The number of morpholine rings is 1. The molecule has 0 radical (unpaired) electrons. The first-order valence-corrected chi connectivity index (χ1v) is 6.93. The first kappa shape index (κ1) is 14.3. The summed E-state index contributed by atoms with van der Waals surface area (Å²) in [6.45, 7) is 7.94. The molecular weight excluding hydrogens is 240 g/mol. The van der Waals surface area contributed by atoms with Gasteiger partial charge in [-0.15, -0.1) is 0 Å². The van der Waals surface area contributed by atoms with Gasteiger partial charge in [0, 0.05) is 32.2 Å². The quantitative estimate of drug-likeness (QED) is 0.875. The molecule has 0 spiro atoms. The molecule has 0 bridgehead atoms. The zero-order chi connectivity index (χ0) is 13.7. The van der Waals surface area contributed by atoms with E-state index in [4.69, 9.17) is 4.74 Å². The monoisotopic (exact) mass is 264 g/mol. The summed E-state index contributed by atoms with van der Waals surface area (Å²) in [6, 6.07) is 7.97. The third-order valence-corrected chi connectivity index (χ3v) is 3.72. The van der Waals surface area contributed by atoms with Crippen LogP contribution in [-0.4, -0.2) is 60.8 Å². The lowest BCUT2D eigenvalue weighted by molar-refractivity contribution is 0.0262. The Labute approximate surface area is 115 Å². The average molecular weight is 264 g/mol. The highest BCUT2D eigenvalue weighted by atomic mass is 16.5. The Hall–Kier alpha value is -1.10. The fourth-order valence-corrected chi connectivity index (χ4v) is 2.40. The summed E-state index contributed by atoms with van der Waals surface area (Å²) in [4.78, 5) is 4.78. The Bertz CT molecular complexity index is 391. The predicted molar refractivity (Wildman–Crippen MR) is 76.3 cm³/mol. The van der Waals surface area contributed by atoms with Gasteiger partial charge in [-0.1, -0.05) is 12.1 Å². The van der Waals surface area contributed by atoms with Gasteiger partial charge < -0.3 is 9.84 Å². The molecule has 0 saturated carbocycles. The number of nitrogens with zero attached hydrogens (tertiary/aromatic N) is 2. The van der Waals surface area contributed by atoms with Gasteiger partial charge >= 0.3 is 0 Å². The van der Waals surface area contributed by atoms with Crippen molar-refractivity contribution in [2.24, 2.45) is 0 Å². The first-order valence-electron chi connectivity index (χ1n) is 6.93. The van der Waals surface area contributed by atoms with Gasteiger partial charge in [0.05, 0.1) is 13.2 Å². The van der Waals surface area contributed by atoms with Crippen LogP contribution in [0.1, 0.15) is 12.5 Å². The van der Waals surface area contributed by atoms with Crippen LogP contribution in [0.5, 0.6) is 5.75 Å². The molecule has 1 aliphatic rings. The molecule has 1 atom stereocenters. The fourth-order valence-electron chi connectivity index (χ4n) is 2.40. The van der Waals surface area contributed by atoms with Crippen LogP contribution in [0.25, 0.3) is 0 Å². The molecule has 0 aliphatic carbocycles. The summed E-state index contributed by atoms with van der Waals surface area (Å²) in [5, 5.41) is 9.48. The van der Waals surface area contributed by atoms with Crippen LogP contribution in [-0.2, 0) is 11.3 Å². The molecule has 1 fully saturated rings. The van der Waals surface area contributed by atoms with Gasteiger partial charge in [0.15, 0.2) is 0 Å². The van der Waals surface area contributed by atoms with Crippen molar-refractivity contribution >= 4 is 0 Å². The second-order valence-corrected chi connectivity index (χ2v) is 5.35. The van der Waals surface area contributed by atoms with E-state index in [1.807, 2.05) is 12.1 Å². The Morgan fingerprint density at radius 1 is 1.37 bits per heavy atom. The molecule has 1 heterocycles. The number of phenols is 1. The van der Waals surface area contributed by atoms with Crippen LogP contribution >= 0.6 is 0 Å². The normalized spacial score (nSPS) is 18.7. The lowest BCUT2D eigenvalue weighted by atomic mass is 10.1. The van der Waals surface area contributed by atoms with Crippen LogP contribution in [0.3, 0.4) is 0 Å². The molecule has 19 heavy (non-hydrogen) atoms. The van der Waals surface area contributed by atoms with E-state index in [1.54, 1.807) is 6.07 Å². The van der Waals surface area contributed by atoms with Gasteiger partial charge in [0.2, 0.25) is 0 Å². The van der Waals surface area contributed by atoms with Crippen molar-refractivity contribution in [3.63, 3.8) is 0 Å². The number of phenolic OH excluding ortho intramolecular Hbond substituents is 1. The van der Waals surface area contributed by atoms with Crippen LogP contribution in [0, 0.1) is 0 Å². The Morgan fingerprint density at radius 3 is 2.79 bits per heavy atom. The van der Waals surface area contributed by atoms with E-state index in [9.17, 15) is 5.11 Å². The number of rotatable bonds is 5.